The third kappa shape index (κ3) is 2.98. The van der Waals surface area contributed by atoms with Gasteiger partial charge in [0.05, 0.1) is 3.57 Å². The molecule has 82 valence electrons. The van der Waals surface area contributed by atoms with Gasteiger partial charge < -0.3 is 4.74 Å². The molecule has 0 aliphatic heterocycles. The summed E-state index contributed by atoms with van der Waals surface area (Å²) >= 11 is 5.69. The summed E-state index contributed by atoms with van der Waals surface area (Å²) in [5.41, 5.74) is 1.25. The van der Waals surface area contributed by atoms with Crippen LogP contribution >= 0.6 is 38.5 Å². The predicted octanol–water partition coefficient (Wildman–Crippen LogP) is 4.98. The molecule has 1 nitrogen and oxygen atoms in total. The van der Waals surface area contributed by atoms with Crippen LogP contribution in [0.5, 0.6) is 11.5 Å². The van der Waals surface area contributed by atoms with Crippen molar-refractivity contribution in [1.29, 1.82) is 0 Å². The van der Waals surface area contributed by atoms with Gasteiger partial charge in [-0.15, -0.1) is 0 Å². The monoisotopic (exact) mass is 388 g/mol. The molecule has 0 N–H and O–H groups in total. The molecule has 0 unspecified atom stereocenters. The number of alkyl halides is 1. The molecule has 0 radical (unpaired) electrons. The highest BCUT2D eigenvalue weighted by Gasteiger charge is 2.01. The Hall–Kier alpha value is -0.550. The number of hydrogen-bond acceptors (Lipinski definition) is 1. The summed E-state index contributed by atoms with van der Waals surface area (Å²) in [4.78, 5) is 0. The molecule has 0 spiro atoms. The minimum absolute atomic E-state index is 0.869. The van der Waals surface area contributed by atoms with Gasteiger partial charge in [-0.1, -0.05) is 40.2 Å². The number of hydrogen-bond donors (Lipinski definition) is 0. The standard InChI is InChI=1S/C13H10BrIO/c14-9-10-5-7-11(8-6-10)16-13-4-2-1-3-12(13)15/h1-8H,9H2. The largest absolute Gasteiger partial charge is 0.456 e. The molecule has 0 amide bonds. The number of benzene rings is 2. The fourth-order valence-corrected chi connectivity index (χ4v) is 2.17. The number of ether oxygens (including phenoxy) is 1. The first-order chi connectivity index (χ1) is 7.79. The second-order valence-electron chi connectivity index (χ2n) is 3.31. The van der Waals surface area contributed by atoms with Gasteiger partial charge in [-0.25, -0.2) is 0 Å². The zero-order valence-electron chi connectivity index (χ0n) is 8.49. The molecule has 0 fully saturated rings. The summed E-state index contributed by atoms with van der Waals surface area (Å²) in [5.74, 6) is 1.77. The Bertz CT molecular complexity index is 468. The third-order valence-corrected chi connectivity index (χ3v) is 3.68. The van der Waals surface area contributed by atoms with E-state index in [9.17, 15) is 0 Å². The van der Waals surface area contributed by atoms with Crippen LogP contribution in [0.15, 0.2) is 48.5 Å². The molecule has 0 bridgehead atoms. The Labute approximate surface area is 117 Å². The van der Waals surface area contributed by atoms with Gasteiger partial charge in [0.15, 0.2) is 0 Å². The Morgan fingerprint density at radius 3 is 2.31 bits per heavy atom. The normalized spacial score (nSPS) is 10.1. The molecule has 0 saturated carbocycles. The van der Waals surface area contributed by atoms with E-state index in [-0.39, 0.29) is 0 Å². The van der Waals surface area contributed by atoms with Gasteiger partial charge in [0, 0.05) is 5.33 Å². The van der Waals surface area contributed by atoms with Crippen LogP contribution < -0.4 is 4.74 Å². The maximum absolute atomic E-state index is 5.79. The molecule has 2 rings (SSSR count). The SMILES string of the molecule is BrCc1ccc(Oc2ccccc2I)cc1. The molecule has 0 atom stereocenters. The van der Waals surface area contributed by atoms with E-state index in [1.54, 1.807) is 0 Å². The predicted molar refractivity (Wildman–Crippen MR) is 78.3 cm³/mol. The third-order valence-electron chi connectivity index (χ3n) is 2.14. The Balaban J connectivity index is 2.18. The van der Waals surface area contributed by atoms with Crippen LogP contribution in [0.1, 0.15) is 5.56 Å². The summed E-state index contributed by atoms with van der Waals surface area (Å²) in [6, 6.07) is 16.1. The maximum Gasteiger partial charge on any atom is 0.140 e. The van der Waals surface area contributed by atoms with Gasteiger partial charge >= 0.3 is 0 Å². The summed E-state index contributed by atoms with van der Waals surface area (Å²) in [7, 11) is 0. The summed E-state index contributed by atoms with van der Waals surface area (Å²) in [6.07, 6.45) is 0. The van der Waals surface area contributed by atoms with Crippen molar-refractivity contribution in [2.24, 2.45) is 0 Å². The van der Waals surface area contributed by atoms with E-state index in [4.69, 9.17) is 4.74 Å². The topological polar surface area (TPSA) is 9.23 Å². The maximum atomic E-state index is 5.79. The smallest absolute Gasteiger partial charge is 0.140 e. The highest BCUT2D eigenvalue weighted by atomic mass is 127. The average molecular weight is 389 g/mol. The molecule has 3 heteroatoms. The number of para-hydroxylation sites is 1. The van der Waals surface area contributed by atoms with Crippen molar-refractivity contribution in [3.8, 4) is 11.5 Å². The lowest BCUT2D eigenvalue weighted by molar-refractivity contribution is 0.479. The minimum Gasteiger partial charge on any atom is -0.456 e. The van der Waals surface area contributed by atoms with E-state index in [0.717, 1.165) is 20.4 Å². The van der Waals surface area contributed by atoms with Crippen LogP contribution in [0.2, 0.25) is 0 Å². The first-order valence-electron chi connectivity index (χ1n) is 4.87. The van der Waals surface area contributed by atoms with E-state index in [1.807, 2.05) is 36.4 Å². The Morgan fingerprint density at radius 1 is 1.00 bits per heavy atom. The van der Waals surface area contributed by atoms with Crippen molar-refractivity contribution in [3.63, 3.8) is 0 Å². The molecule has 0 aliphatic rings. The van der Waals surface area contributed by atoms with Gasteiger partial charge in [-0.3, -0.25) is 0 Å². The molecule has 0 saturated heterocycles. The molecule has 0 aliphatic carbocycles. The Morgan fingerprint density at radius 2 is 1.69 bits per heavy atom. The van der Waals surface area contributed by atoms with E-state index in [1.165, 1.54) is 5.56 Å². The van der Waals surface area contributed by atoms with E-state index >= 15 is 0 Å². The van der Waals surface area contributed by atoms with Crippen molar-refractivity contribution in [3.05, 3.63) is 57.7 Å². The van der Waals surface area contributed by atoms with Crippen LogP contribution in [0.3, 0.4) is 0 Å². The molecule has 2 aromatic rings. The Kier molecular flexibility index (Phi) is 4.23. The molecular weight excluding hydrogens is 379 g/mol. The van der Waals surface area contributed by atoms with Crippen molar-refractivity contribution in [1.82, 2.24) is 0 Å². The zero-order valence-corrected chi connectivity index (χ0v) is 12.2. The van der Waals surface area contributed by atoms with Crippen LogP contribution in [0.4, 0.5) is 0 Å². The number of halogens is 2. The fourth-order valence-electron chi connectivity index (χ4n) is 1.30. The number of rotatable bonds is 3. The van der Waals surface area contributed by atoms with Crippen molar-refractivity contribution in [2.45, 2.75) is 5.33 Å². The summed E-state index contributed by atoms with van der Waals surface area (Å²) < 4.78 is 6.90. The van der Waals surface area contributed by atoms with Crippen molar-refractivity contribution in [2.75, 3.05) is 0 Å². The summed E-state index contributed by atoms with van der Waals surface area (Å²) in [6.45, 7) is 0. The highest BCUT2D eigenvalue weighted by molar-refractivity contribution is 14.1. The summed E-state index contributed by atoms with van der Waals surface area (Å²) in [5, 5.41) is 0.871. The average Bonchev–Trinajstić information content (AvgIpc) is 2.33. The molecular formula is C13H10BrIO. The van der Waals surface area contributed by atoms with Gasteiger partial charge in [0.1, 0.15) is 11.5 Å². The van der Waals surface area contributed by atoms with Crippen LogP contribution in [0, 0.1) is 3.57 Å². The second kappa shape index (κ2) is 5.68. The van der Waals surface area contributed by atoms with Gasteiger partial charge in [0.25, 0.3) is 0 Å². The lowest BCUT2D eigenvalue weighted by atomic mass is 10.2. The minimum atomic E-state index is 0.869. The van der Waals surface area contributed by atoms with Crippen molar-refractivity contribution < 1.29 is 4.74 Å². The first kappa shape index (κ1) is 11.9. The molecule has 0 aromatic heterocycles. The highest BCUT2D eigenvalue weighted by Crippen LogP contribution is 2.26. The van der Waals surface area contributed by atoms with E-state index < -0.39 is 0 Å². The van der Waals surface area contributed by atoms with E-state index in [0.29, 0.717) is 0 Å². The van der Waals surface area contributed by atoms with Gasteiger partial charge in [0.2, 0.25) is 0 Å². The van der Waals surface area contributed by atoms with Crippen molar-refractivity contribution >= 4 is 38.5 Å². The zero-order chi connectivity index (χ0) is 11.4. The van der Waals surface area contributed by atoms with Crippen LogP contribution in [-0.4, -0.2) is 0 Å². The lowest BCUT2D eigenvalue weighted by Gasteiger charge is -2.07. The molecule has 2 aromatic carbocycles. The quantitative estimate of drug-likeness (QED) is 0.532. The molecule has 0 heterocycles. The van der Waals surface area contributed by atoms with Crippen LogP contribution in [0.25, 0.3) is 0 Å². The lowest BCUT2D eigenvalue weighted by Crippen LogP contribution is -1.87. The fraction of sp³-hybridized carbons (Fsp3) is 0.0769. The van der Waals surface area contributed by atoms with Gasteiger partial charge in [-0.05, 0) is 52.4 Å². The molecule has 16 heavy (non-hydrogen) atoms. The van der Waals surface area contributed by atoms with Crippen LogP contribution in [-0.2, 0) is 5.33 Å². The van der Waals surface area contributed by atoms with E-state index in [2.05, 4.69) is 50.7 Å². The van der Waals surface area contributed by atoms with Gasteiger partial charge in [-0.2, -0.15) is 0 Å². The second-order valence-corrected chi connectivity index (χ2v) is 5.03. The first-order valence-corrected chi connectivity index (χ1v) is 7.07.